The van der Waals surface area contributed by atoms with E-state index in [1.807, 2.05) is 0 Å². The molecular formula is C9H11N5O2S. The molecule has 0 aliphatic heterocycles. The Balaban J connectivity index is 2.13. The molecule has 90 valence electrons. The van der Waals surface area contributed by atoms with Crippen molar-refractivity contribution in [1.29, 1.82) is 0 Å². The Labute approximate surface area is 101 Å². The van der Waals surface area contributed by atoms with E-state index in [1.165, 1.54) is 24.4 Å². The highest BCUT2D eigenvalue weighted by atomic mass is 32.2. The number of carbonyl (C=O) groups is 1. The fourth-order valence-corrected chi connectivity index (χ4v) is 2.34. The lowest BCUT2D eigenvalue weighted by atomic mass is 10.3. The summed E-state index contributed by atoms with van der Waals surface area (Å²) in [5.74, 6) is -0.494. The zero-order valence-electron chi connectivity index (χ0n) is 9.04. The third-order valence-corrected chi connectivity index (χ3v) is 3.30. The van der Waals surface area contributed by atoms with Crippen LogP contribution in [0.3, 0.4) is 0 Å². The van der Waals surface area contributed by atoms with E-state index < -0.39 is 12.0 Å². The maximum Gasteiger partial charge on any atom is 0.321 e. The fourth-order valence-electron chi connectivity index (χ4n) is 1.29. The zero-order valence-corrected chi connectivity index (χ0v) is 9.86. The molecule has 0 spiro atoms. The van der Waals surface area contributed by atoms with E-state index >= 15 is 0 Å². The Morgan fingerprint density at radius 2 is 2.41 bits per heavy atom. The number of aromatic nitrogens is 4. The van der Waals surface area contributed by atoms with Gasteiger partial charge in [-0.15, -0.1) is 11.8 Å². The molecule has 2 rings (SSSR count). The van der Waals surface area contributed by atoms with Gasteiger partial charge < -0.3 is 15.4 Å². The standard InChI is InChI=1S/C9H11N5O2S/c1-10-5(9(15)16)2-17-8-6-7(12-3-11-6)13-4-14-8/h3-5,10H,2H2,1H3,(H,15,16)(H,11,12,13,14). The quantitative estimate of drug-likeness (QED) is 0.513. The third-order valence-electron chi connectivity index (χ3n) is 2.22. The van der Waals surface area contributed by atoms with Gasteiger partial charge in [-0.25, -0.2) is 15.0 Å². The summed E-state index contributed by atoms with van der Waals surface area (Å²) in [6.07, 6.45) is 2.96. The van der Waals surface area contributed by atoms with Crippen molar-refractivity contribution in [2.45, 2.75) is 11.1 Å². The average molecular weight is 253 g/mol. The average Bonchev–Trinajstić information content (AvgIpc) is 2.78. The van der Waals surface area contributed by atoms with Crippen molar-refractivity contribution in [2.75, 3.05) is 12.8 Å². The van der Waals surface area contributed by atoms with Gasteiger partial charge in [0.15, 0.2) is 5.65 Å². The molecule has 0 fully saturated rings. The molecule has 2 aromatic heterocycles. The maximum absolute atomic E-state index is 10.8. The molecule has 1 unspecified atom stereocenters. The minimum atomic E-state index is -0.880. The number of aliphatic carboxylic acids is 1. The molecule has 0 amide bonds. The zero-order chi connectivity index (χ0) is 12.3. The number of likely N-dealkylation sites (N-methyl/N-ethyl adjacent to an activating group) is 1. The minimum Gasteiger partial charge on any atom is -0.480 e. The lowest BCUT2D eigenvalue weighted by Crippen LogP contribution is -2.36. The van der Waals surface area contributed by atoms with E-state index in [4.69, 9.17) is 5.11 Å². The second-order valence-corrected chi connectivity index (χ2v) is 4.28. The molecule has 0 radical (unpaired) electrons. The molecule has 2 aromatic rings. The van der Waals surface area contributed by atoms with Crippen LogP contribution in [0.15, 0.2) is 17.7 Å². The SMILES string of the molecule is CNC(CSc1ncnc2nc[nH]c12)C(=O)O. The predicted molar refractivity (Wildman–Crippen MR) is 62.9 cm³/mol. The molecule has 0 aliphatic carbocycles. The van der Waals surface area contributed by atoms with Gasteiger partial charge in [0.2, 0.25) is 0 Å². The first-order valence-electron chi connectivity index (χ1n) is 4.89. The van der Waals surface area contributed by atoms with E-state index in [9.17, 15) is 4.79 Å². The second-order valence-electron chi connectivity index (χ2n) is 3.27. The summed E-state index contributed by atoms with van der Waals surface area (Å²) in [6.45, 7) is 0. The Morgan fingerprint density at radius 1 is 1.59 bits per heavy atom. The third kappa shape index (κ3) is 2.53. The number of aromatic amines is 1. The molecule has 3 N–H and O–H groups in total. The van der Waals surface area contributed by atoms with Crippen molar-refractivity contribution < 1.29 is 9.90 Å². The number of imidazole rings is 1. The van der Waals surface area contributed by atoms with E-state index in [0.717, 1.165) is 5.52 Å². The molecule has 2 heterocycles. The normalized spacial score (nSPS) is 12.8. The largest absolute Gasteiger partial charge is 0.480 e. The topological polar surface area (TPSA) is 104 Å². The van der Waals surface area contributed by atoms with Crippen molar-refractivity contribution in [3.63, 3.8) is 0 Å². The number of carboxylic acids is 1. The van der Waals surface area contributed by atoms with Crippen LogP contribution < -0.4 is 5.32 Å². The summed E-state index contributed by atoms with van der Waals surface area (Å²) in [5.41, 5.74) is 1.32. The van der Waals surface area contributed by atoms with Crippen LogP contribution in [0.1, 0.15) is 0 Å². The number of carboxylic acid groups (broad SMARTS) is 1. The van der Waals surface area contributed by atoms with Crippen LogP contribution in [-0.4, -0.2) is 49.9 Å². The highest BCUT2D eigenvalue weighted by Gasteiger charge is 2.16. The van der Waals surface area contributed by atoms with Crippen LogP contribution in [0, 0.1) is 0 Å². The van der Waals surface area contributed by atoms with Gasteiger partial charge in [0, 0.05) is 5.75 Å². The van der Waals surface area contributed by atoms with Crippen molar-refractivity contribution >= 4 is 28.9 Å². The Bertz CT molecular complexity index is 529. The van der Waals surface area contributed by atoms with Gasteiger partial charge in [-0.2, -0.15) is 0 Å². The summed E-state index contributed by atoms with van der Waals surface area (Å²) < 4.78 is 0. The molecule has 0 saturated carbocycles. The molecule has 1 atom stereocenters. The maximum atomic E-state index is 10.8. The number of rotatable bonds is 5. The second kappa shape index (κ2) is 5.11. The van der Waals surface area contributed by atoms with Gasteiger partial charge >= 0.3 is 5.97 Å². The molecular weight excluding hydrogens is 242 g/mol. The number of H-pyrrole nitrogens is 1. The highest BCUT2D eigenvalue weighted by molar-refractivity contribution is 7.99. The lowest BCUT2D eigenvalue weighted by Gasteiger charge is -2.09. The van der Waals surface area contributed by atoms with Gasteiger partial charge in [0.1, 0.15) is 22.9 Å². The monoisotopic (exact) mass is 253 g/mol. The number of hydrogen-bond donors (Lipinski definition) is 3. The van der Waals surface area contributed by atoms with Crippen LogP contribution in [-0.2, 0) is 4.79 Å². The fraction of sp³-hybridized carbons (Fsp3) is 0.333. The van der Waals surface area contributed by atoms with Crippen molar-refractivity contribution in [3.05, 3.63) is 12.7 Å². The Kier molecular flexibility index (Phi) is 3.55. The van der Waals surface area contributed by atoms with Crippen molar-refractivity contribution in [2.24, 2.45) is 0 Å². The summed E-state index contributed by atoms with van der Waals surface area (Å²) in [7, 11) is 1.62. The number of nitrogens with one attached hydrogen (secondary N) is 2. The molecule has 0 aromatic carbocycles. The van der Waals surface area contributed by atoms with Gasteiger partial charge in [-0.3, -0.25) is 4.79 Å². The van der Waals surface area contributed by atoms with Crippen LogP contribution in [0.5, 0.6) is 0 Å². The molecule has 0 aliphatic rings. The number of fused-ring (bicyclic) bond motifs is 1. The number of hydrogen-bond acceptors (Lipinski definition) is 6. The Hall–Kier alpha value is -1.67. The van der Waals surface area contributed by atoms with Crippen molar-refractivity contribution in [1.82, 2.24) is 25.3 Å². The summed E-state index contributed by atoms with van der Waals surface area (Å²) >= 11 is 1.35. The first-order chi connectivity index (χ1) is 8.22. The molecule has 0 saturated heterocycles. The number of thioether (sulfide) groups is 1. The molecule has 7 nitrogen and oxygen atoms in total. The van der Waals surface area contributed by atoms with Gasteiger partial charge in [-0.05, 0) is 7.05 Å². The van der Waals surface area contributed by atoms with Crippen LogP contribution >= 0.6 is 11.8 Å². The predicted octanol–water partition coefficient (Wildman–Crippen LogP) is 0.118. The van der Waals surface area contributed by atoms with E-state index in [0.29, 0.717) is 16.4 Å². The van der Waals surface area contributed by atoms with E-state index in [1.54, 1.807) is 7.05 Å². The van der Waals surface area contributed by atoms with Crippen LogP contribution in [0.25, 0.3) is 11.2 Å². The first kappa shape index (κ1) is 11.8. The van der Waals surface area contributed by atoms with Gasteiger partial charge in [0.05, 0.1) is 6.33 Å². The summed E-state index contributed by atoms with van der Waals surface area (Å²) in [4.78, 5) is 25.9. The van der Waals surface area contributed by atoms with E-state index in [2.05, 4.69) is 25.3 Å². The highest BCUT2D eigenvalue weighted by Crippen LogP contribution is 2.22. The van der Waals surface area contributed by atoms with Gasteiger partial charge in [0.25, 0.3) is 0 Å². The minimum absolute atomic E-state index is 0.386. The lowest BCUT2D eigenvalue weighted by molar-refractivity contribution is -0.138. The van der Waals surface area contributed by atoms with Crippen LogP contribution in [0.2, 0.25) is 0 Å². The summed E-state index contributed by atoms with van der Waals surface area (Å²) in [5, 5.41) is 12.3. The molecule has 17 heavy (non-hydrogen) atoms. The van der Waals surface area contributed by atoms with E-state index in [-0.39, 0.29) is 0 Å². The van der Waals surface area contributed by atoms with Gasteiger partial charge in [-0.1, -0.05) is 0 Å². The van der Waals surface area contributed by atoms with Crippen molar-refractivity contribution in [3.8, 4) is 0 Å². The molecule has 8 heteroatoms. The smallest absolute Gasteiger partial charge is 0.321 e. The summed E-state index contributed by atoms with van der Waals surface area (Å²) in [6, 6.07) is -0.604. The Morgan fingerprint density at radius 3 is 3.12 bits per heavy atom. The van der Waals surface area contributed by atoms with Crippen LogP contribution in [0.4, 0.5) is 0 Å². The first-order valence-corrected chi connectivity index (χ1v) is 5.88. The molecule has 0 bridgehead atoms. The number of nitrogens with zero attached hydrogens (tertiary/aromatic N) is 3.